The van der Waals surface area contributed by atoms with Crippen LogP contribution in [0.3, 0.4) is 0 Å². The number of likely N-dealkylation sites (N-methyl/N-ethyl adjacent to an activating group) is 1. The maximum Gasteiger partial charge on any atom is 0.200 e. The second kappa shape index (κ2) is 4.25. The highest BCUT2D eigenvalue weighted by molar-refractivity contribution is 5.44. The lowest BCUT2D eigenvalue weighted by Gasteiger charge is -2.34. The zero-order chi connectivity index (χ0) is 11.7. The highest BCUT2D eigenvalue weighted by atomic mass is 15.6. The molecule has 3 rings (SSSR count). The first-order valence-electron chi connectivity index (χ1n) is 5.89. The van der Waals surface area contributed by atoms with E-state index in [2.05, 4.69) is 37.3 Å². The van der Waals surface area contributed by atoms with Crippen molar-refractivity contribution in [3.63, 3.8) is 0 Å². The van der Waals surface area contributed by atoms with Crippen molar-refractivity contribution in [1.29, 1.82) is 0 Å². The number of fused-ring (bicyclic) bond motifs is 1. The van der Waals surface area contributed by atoms with Gasteiger partial charge in [0.2, 0.25) is 0 Å². The number of aromatic nitrogens is 5. The monoisotopic (exact) mass is 233 g/mol. The van der Waals surface area contributed by atoms with Crippen LogP contribution < -0.4 is 4.90 Å². The molecule has 0 aromatic carbocycles. The summed E-state index contributed by atoms with van der Waals surface area (Å²) >= 11 is 0. The number of rotatable bonds is 2. The van der Waals surface area contributed by atoms with Gasteiger partial charge < -0.3 is 9.80 Å². The molecule has 0 aliphatic carbocycles. The average Bonchev–Trinajstić information content (AvgIpc) is 2.86. The van der Waals surface area contributed by atoms with Crippen LogP contribution in [0.2, 0.25) is 0 Å². The molecule has 0 amide bonds. The van der Waals surface area contributed by atoms with Gasteiger partial charge in [0, 0.05) is 26.2 Å². The van der Waals surface area contributed by atoms with E-state index in [1.807, 2.05) is 12.1 Å². The molecule has 1 fully saturated rings. The van der Waals surface area contributed by atoms with Gasteiger partial charge in [0.25, 0.3) is 0 Å². The van der Waals surface area contributed by atoms with Crippen LogP contribution in [-0.2, 0) is 0 Å². The molecule has 2 aromatic rings. The lowest BCUT2D eigenvalue weighted by molar-refractivity contribution is 0.270. The van der Waals surface area contributed by atoms with E-state index in [0.717, 1.165) is 38.5 Å². The average molecular weight is 233 g/mol. The van der Waals surface area contributed by atoms with E-state index in [-0.39, 0.29) is 0 Å². The van der Waals surface area contributed by atoms with Gasteiger partial charge in [-0.1, -0.05) is 6.92 Å². The molecule has 7 nitrogen and oxygen atoms in total. The lowest BCUT2D eigenvalue weighted by atomic mass is 10.3. The van der Waals surface area contributed by atoms with Crippen LogP contribution in [0.1, 0.15) is 6.92 Å². The molecular weight excluding hydrogens is 218 g/mol. The third kappa shape index (κ3) is 1.93. The van der Waals surface area contributed by atoms with Crippen LogP contribution in [0.25, 0.3) is 5.65 Å². The van der Waals surface area contributed by atoms with E-state index in [1.165, 1.54) is 4.63 Å². The van der Waals surface area contributed by atoms with Crippen molar-refractivity contribution >= 4 is 11.5 Å². The predicted octanol–water partition coefficient (Wildman–Crippen LogP) is -0.339. The topological polar surface area (TPSA) is 62.5 Å². The molecule has 7 heteroatoms. The highest BCUT2D eigenvalue weighted by Gasteiger charge is 2.17. The number of tetrazole rings is 1. The standard InChI is InChI=1S/C10H15N7/c1-2-15-5-7-16(8-6-15)10-4-3-9-11-13-14-17(9)12-10/h3-4H,2,5-8H2,1H3. The van der Waals surface area contributed by atoms with Crippen molar-refractivity contribution in [2.75, 3.05) is 37.6 Å². The van der Waals surface area contributed by atoms with Crippen LogP contribution in [0.4, 0.5) is 5.82 Å². The molecule has 0 unspecified atom stereocenters. The van der Waals surface area contributed by atoms with E-state index in [9.17, 15) is 0 Å². The summed E-state index contributed by atoms with van der Waals surface area (Å²) in [4.78, 5) is 4.71. The van der Waals surface area contributed by atoms with Crippen molar-refractivity contribution in [2.45, 2.75) is 6.92 Å². The van der Waals surface area contributed by atoms with Crippen LogP contribution in [0, 0.1) is 0 Å². The zero-order valence-electron chi connectivity index (χ0n) is 9.82. The van der Waals surface area contributed by atoms with Gasteiger partial charge in [-0.15, -0.1) is 14.8 Å². The minimum Gasteiger partial charge on any atom is -0.353 e. The van der Waals surface area contributed by atoms with Gasteiger partial charge in [0.15, 0.2) is 11.5 Å². The Morgan fingerprint density at radius 2 is 2.00 bits per heavy atom. The predicted molar refractivity (Wildman–Crippen MR) is 62.9 cm³/mol. The molecule has 0 saturated carbocycles. The van der Waals surface area contributed by atoms with Gasteiger partial charge in [-0.3, -0.25) is 0 Å². The maximum atomic E-state index is 4.40. The second-order valence-electron chi connectivity index (χ2n) is 4.14. The Bertz CT molecular complexity index is 500. The van der Waals surface area contributed by atoms with E-state index >= 15 is 0 Å². The zero-order valence-corrected chi connectivity index (χ0v) is 9.82. The Balaban J connectivity index is 1.79. The first kappa shape index (κ1) is 10.4. The molecule has 0 N–H and O–H groups in total. The van der Waals surface area contributed by atoms with Crippen LogP contribution in [0.5, 0.6) is 0 Å². The van der Waals surface area contributed by atoms with E-state index < -0.39 is 0 Å². The highest BCUT2D eigenvalue weighted by Crippen LogP contribution is 2.13. The van der Waals surface area contributed by atoms with Crippen LogP contribution in [0.15, 0.2) is 12.1 Å². The molecular formula is C10H15N7. The van der Waals surface area contributed by atoms with Gasteiger partial charge >= 0.3 is 0 Å². The Kier molecular flexibility index (Phi) is 2.60. The normalized spacial score (nSPS) is 17.8. The summed E-state index contributed by atoms with van der Waals surface area (Å²) < 4.78 is 1.47. The molecule has 17 heavy (non-hydrogen) atoms. The summed E-state index contributed by atoms with van der Waals surface area (Å²) in [5.41, 5.74) is 0.681. The Morgan fingerprint density at radius 1 is 1.18 bits per heavy atom. The molecule has 3 heterocycles. The molecule has 0 spiro atoms. The Labute approximate surface area is 99.0 Å². The minimum absolute atomic E-state index is 0.681. The minimum atomic E-state index is 0.681. The number of anilines is 1. The first-order chi connectivity index (χ1) is 8.36. The smallest absolute Gasteiger partial charge is 0.200 e. The molecule has 1 aliphatic rings. The number of nitrogens with zero attached hydrogens (tertiary/aromatic N) is 7. The quantitative estimate of drug-likeness (QED) is 0.707. The summed E-state index contributed by atoms with van der Waals surface area (Å²) in [5.74, 6) is 0.945. The third-order valence-electron chi connectivity index (χ3n) is 3.20. The van der Waals surface area contributed by atoms with E-state index in [0.29, 0.717) is 5.65 Å². The Hall–Kier alpha value is -1.76. The van der Waals surface area contributed by atoms with E-state index in [1.54, 1.807) is 0 Å². The SMILES string of the molecule is CCN1CCN(c2ccc3nnnn3n2)CC1. The van der Waals surface area contributed by atoms with Gasteiger partial charge in [0.05, 0.1) is 0 Å². The molecule has 0 bridgehead atoms. The van der Waals surface area contributed by atoms with Crippen molar-refractivity contribution in [3.05, 3.63) is 12.1 Å². The summed E-state index contributed by atoms with van der Waals surface area (Å²) in [6.45, 7) is 7.51. The molecule has 0 radical (unpaired) electrons. The first-order valence-corrected chi connectivity index (χ1v) is 5.89. The number of hydrogen-bond donors (Lipinski definition) is 0. The summed E-state index contributed by atoms with van der Waals surface area (Å²) in [6.07, 6.45) is 0. The molecule has 90 valence electrons. The number of hydrogen-bond acceptors (Lipinski definition) is 6. The Morgan fingerprint density at radius 3 is 2.76 bits per heavy atom. The molecule has 1 aliphatic heterocycles. The fraction of sp³-hybridized carbons (Fsp3) is 0.600. The summed E-state index contributed by atoms with van der Waals surface area (Å²) in [5, 5.41) is 15.6. The van der Waals surface area contributed by atoms with Gasteiger partial charge in [-0.2, -0.15) is 0 Å². The fourth-order valence-corrected chi connectivity index (χ4v) is 2.10. The van der Waals surface area contributed by atoms with Crippen molar-refractivity contribution in [3.8, 4) is 0 Å². The molecule has 0 atom stereocenters. The molecule has 2 aromatic heterocycles. The van der Waals surface area contributed by atoms with Crippen molar-refractivity contribution in [2.24, 2.45) is 0 Å². The lowest BCUT2D eigenvalue weighted by Crippen LogP contribution is -2.46. The number of piperazine rings is 1. The fourth-order valence-electron chi connectivity index (χ4n) is 2.10. The van der Waals surface area contributed by atoms with Gasteiger partial charge in [0.1, 0.15) is 0 Å². The summed E-state index contributed by atoms with van der Waals surface area (Å²) in [7, 11) is 0. The van der Waals surface area contributed by atoms with Crippen LogP contribution in [-0.4, -0.2) is 62.9 Å². The maximum absolute atomic E-state index is 4.40. The largest absolute Gasteiger partial charge is 0.353 e. The molecule has 1 saturated heterocycles. The van der Waals surface area contributed by atoms with E-state index in [4.69, 9.17) is 0 Å². The van der Waals surface area contributed by atoms with Crippen LogP contribution >= 0.6 is 0 Å². The summed E-state index contributed by atoms with van der Waals surface area (Å²) in [6, 6.07) is 3.88. The van der Waals surface area contributed by atoms with Crippen molar-refractivity contribution < 1.29 is 0 Å². The third-order valence-corrected chi connectivity index (χ3v) is 3.20. The van der Waals surface area contributed by atoms with Gasteiger partial charge in [-0.05, 0) is 29.1 Å². The second-order valence-corrected chi connectivity index (χ2v) is 4.14. The van der Waals surface area contributed by atoms with Gasteiger partial charge in [-0.25, -0.2) is 0 Å². The van der Waals surface area contributed by atoms with Crippen molar-refractivity contribution in [1.82, 2.24) is 30.2 Å².